The number of sulfonamides is 1. The fourth-order valence-corrected chi connectivity index (χ4v) is 5.59. The Morgan fingerprint density at radius 3 is 2.29 bits per heavy atom. The van der Waals surface area contributed by atoms with Gasteiger partial charge in [-0.3, -0.25) is 0 Å². The SMILES string of the molecule is O=S(=O)(c1ccc(Br)cc1)N1C[C@H]2CCCCCCCC21. The van der Waals surface area contributed by atoms with Gasteiger partial charge in [-0.05, 0) is 43.0 Å². The highest BCUT2D eigenvalue weighted by molar-refractivity contribution is 9.10. The Kier molecular flexibility index (Phi) is 4.71. The highest BCUT2D eigenvalue weighted by Crippen LogP contribution is 2.38. The van der Waals surface area contributed by atoms with E-state index in [1.807, 2.05) is 0 Å². The van der Waals surface area contributed by atoms with E-state index in [9.17, 15) is 8.42 Å². The number of hydrogen-bond acceptors (Lipinski definition) is 2. The Morgan fingerprint density at radius 2 is 1.57 bits per heavy atom. The van der Waals surface area contributed by atoms with Crippen LogP contribution >= 0.6 is 15.9 Å². The smallest absolute Gasteiger partial charge is 0.207 e. The molecule has 1 aromatic carbocycles. The molecule has 116 valence electrons. The van der Waals surface area contributed by atoms with Crippen molar-refractivity contribution in [2.45, 2.75) is 55.9 Å². The predicted octanol–water partition coefficient (Wildman–Crippen LogP) is 4.18. The minimum absolute atomic E-state index is 0.233. The monoisotopic (exact) mass is 371 g/mol. The number of hydrogen-bond donors (Lipinski definition) is 0. The third-order valence-corrected chi connectivity index (χ3v) is 7.26. The molecule has 0 spiro atoms. The van der Waals surface area contributed by atoms with E-state index in [4.69, 9.17) is 0 Å². The third-order valence-electron chi connectivity index (χ3n) is 4.82. The van der Waals surface area contributed by atoms with Gasteiger partial charge in [0.2, 0.25) is 10.0 Å². The normalized spacial score (nSPS) is 27.9. The fourth-order valence-electron chi connectivity index (χ4n) is 3.56. The topological polar surface area (TPSA) is 37.4 Å². The minimum atomic E-state index is -3.32. The summed E-state index contributed by atoms with van der Waals surface area (Å²) in [4.78, 5) is 0.420. The highest BCUT2D eigenvalue weighted by atomic mass is 79.9. The van der Waals surface area contributed by atoms with Gasteiger partial charge >= 0.3 is 0 Å². The Hall–Kier alpha value is -0.390. The van der Waals surface area contributed by atoms with E-state index in [2.05, 4.69) is 15.9 Å². The molecule has 1 saturated heterocycles. The second-order valence-electron chi connectivity index (χ2n) is 6.20. The molecule has 2 atom stereocenters. The average Bonchev–Trinajstić information content (AvgIpc) is 2.51. The first-order valence-electron chi connectivity index (χ1n) is 7.86. The van der Waals surface area contributed by atoms with Gasteiger partial charge in [0.15, 0.2) is 0 Å². The molecule has 0 aromatic heterocycles. The number of benzene rings is 1. The zero-order chi connectivity index (χ0) is 14.9. The zero-order valence-corrected chi connectivity index (χ0v) is 14.6. The molecule has 3 rings (SSSR count). The molecule has 3 nitrogen and oxygen atoms in total. The van der Waals surface area contributed by atoms with Gasteiger partial charge in [-0.2, -0.15) is 4.31 Å². The van der Waals surface area contributed by atoms with E-state index >= 15 is 0 Å². The van der Waals surface area contributed by atoms with E-state index in [0.29, 0.717) is 17.4 Å². The lowest BCUT2D eigenvalue weighted by Gasteiger charge is -2.47. The van der Waals surface area contributed by atoms with Crippen molar-refractivity contribution in [3.63, 3.8) is 0 Å². The molecule has 2 fully saturated rings. The summed E-state index contributed by atoms with van der Waals surface area (Å²) in [5.41, 5.74) is 0. The first-order chi connectivity index (χ1) is 10.1. The van der Waals surface area contributed by atoms with E-state index in [1.165, 1.54) is 32.1 Å². The summed E-state index contributed by atoms with van der Waals surface area (Å²) in [5, 5.41) is 0. The van der Waals surface area contributed by atoms with Crippen LogP contribution in [0.4, 0.5) is 0 Å². The molecular formula is C16H22BrNO2S. The van der Waals surface area contributed by atoms with Gasteiger partial charge in [-0.25, -0.2) is 8.42 Å². The number of rotatable bonds is 2. The maximum Gasteiger partial charge on any atom is 0.243 e. The van der Waals surface area contributed by atoms with Gasteiger partial charge in [0.1, 0.15) is 0 Å². The molecule has 0 radical (unpaired) electrons. The Bertz CT molecular complexity index is 585. The van der Waals surface area contributed by atoms with Crippen LogP contribution < -0.4 is 0 Å². The Balaban J connectivity index is 1.78. The summed E-state index contributed by atoms with van der Waals surface area (Å²) in [6, 6.07) is 7.22. The largest absolute Gasteiger partial charge is 0.243 e. The third kappa shape index (κ3) is 3.20. The van der Waals surface area contributed by atoms with Gasteiger partial charge < -0.3 is 0 Å². The van der Waals surface area contributed by atoms with Crippen LogP contribution in [-0.4, -0.2) is 25.3 Å². The molecule has 0 amide bonds. The van der Waals surface area contributed by atoms with Gasteiger partial charge in [-0.15, -0.1) is 0 Å². The summed E-state index contributed by atoms with van der Waals surface area (Å²) < 4.78 is 28.2. The van der Waals surface area contributed by atoms with E-state index < -0.39 is 10.0 Å². The van der Waals surface area contributed by atoms with Crippen LogP contribution in [0.2, 0.25) is 0 Å². The molecule has 1 saturated carbocycles. The molecule has 1 aliphatic heterocycles. The summed E-state index contributed by atoms with van der Waals surface area (Å²) in [7, 11) is -3.32. The van der Waals surface area contributed by atoms with Gasteiger partial charge in [0.25, 0.3) is 0 Å². The van der Waals surface area contributed by atoms with Crippen molar-refractivity contribution in [3.8, 4) is 0 Å². The maximum absolute atomic E-state index is 12.8. The molecule has 1 unspecified atom stereocenters. The lowest BCUT2D eigenvalue weighted by atomic mass is 9.85. The van der Waals surface area contributed by atoms with Crippen LogP contribution in [0.25, 0.3) is 0 Å². The minimum Gasteiger partial charge on any atom is -0.207 e. The van der Waals surface area contributed by atoms with Crippen molar-refractivity contribution >= 4 is 26.0 Å². The van der Waals surface area contributed by atoms with E-state index in [0.717, 1.165) is 17.3 Å². The molecule has 1 aromatic rings. The quantitative estimate of drug-likeness (QED) is 0.781. The molecule has 21 heavy (non-hydrogen) atoms. The van der Waals surface area contributed by atoms with Crippen LogP contribution in [0, 0.1) is 5.92 Å². The summed E-state index contributed by atoms with van der Waals surface area (Å²) in [6.07, 6.45) is 8.50. The molecule has 0 N–H and O–H groups in total. The molecule has 5 heteroatoms. The van der Waals surface area contributed by atoms with Crippen molar-refractivity contribution in [1.82, 2.24) is 4.31 Å². The standard InChI is InChI=1S/C16H22BrNO2S/c17-14-8-10-15(11-9-14)21(19,20)18-12-13-6-4-2-1-3-5-7-16(13)18/h8-11,13,16H,1-7,12H2/t13-,16?/m1/s1. The zero-order valence-electron chi connectivity index (χ0n) is 12.2. The Morgan fingerprint density at radius 1 is 0.952 bits per heavy atom. The van der Waals surface area contributed by atoms with Crippen LogP contribution in [0.5, 0.6) is 0 Å². The predicted molar refractivity (Wildman–Crippen MR) is 87.6 cm³/mol. The molecule has 0 bridgehead atoms. The highest BCUT2D eigenvalue weighted by Gasteiger charge is 2.45. The van der Waals surface area contributed by atoms with Crippen LogP contribution in [0.1, 0.15) is 44.9 Å². The molecular weight excluding hydrogens is 350 g/mol. The molecule has 1 aliphatic carbocycles. The number of nitrogens with zero attached hydrogens (tertiary/aromatic N) is 1. The molecule has 1 heterocycles. The maximum atomic E-state index is 12.8. The van der Waals surface area contributed by atoms with E-state index in [1.54, 1.807) is 28.6 Å². The van der Waals surface area contributed by atoms with Crippen LogP contribution in [0.3, 0.4) is 0 Å². The van der Waals surface area contributed by atoms with Gasteiger partial charge in [0.05, 0.1) is 4.90 Å². The van der Waals surface area contributed by atoms with Crippen LogP contribution in [0.15, 0.2) is 33.6 Å². The van der Waals surface area contributed by atoms with Crippen molar-refractivity contribution in [2.75, 3.05) is 6.54 Å². The van der Waals surface area contributed by atoms with Crippen molar-refractivity contribution in [3.05, 3.63) is 28.7 Å². The van der Waals surface area contributed by atoms with Gasteiger partial charge in [-0.1, -0.05) is 48.0 Å². The number of halogens is 1. The Labute approximate surface area is 135 Å². The average molecular weight is 372 g/mol. The summed E-state index contributed by atoms with van der Waals surface area (Å²) in [5.74, 6) is 0.577. The second kappa shape index (κ2) is 6.39. The molecule has 2 aliphatic rings. The second-order valence-corrected chi connectivity index (χ2v) is 9.01. The lowest BCUT2D eigenvalue weighted by molar-refractivity contribution is 0.0848. The van der Waals surface area contributed by atoms with Crippen LogP contribution in [-0.2, 0) is 10.0 Å². The lowest BCUT2D eigenvalue weighted by Crippen LogP contribution is -2.58. The first kappa shape index (κ1) is 15.5. The fraction of sp³-hybridized carbons (Fsp3) is 0.625. The number of fused-ring (bicyclic) bond motifs is 1. The first-order valence-corrected chi connectivity index (χ1v) is 10.1. The summed E-state index contributed by atoms with van der Waals surface area (Å²) in [6.45, 7) is 0.711. The van der Waals surface area contributed by atoms with E-state index in [-0.39, 0.29) is 6.04 Å². The summed E-state index contributed by atoms with van der Waals surface area (Å²) >= 11 is 3.35. The van der Waals surface area contributed by atoms with Crippen molar-refractivity contribution in [2.24, 2.45) is 5.92 Å². The van der Waals surface area contributed by atoms with Crippen molar-refractivity contribution in [1.29, 1.82) is 0 Å². The van der Waals surface area contributed by atoms with Crippen molar-refractivity contribution < 1.29 is 8.42 Å². The van der Waals surface area contributed by atoms with Gasteiger partial charge in [0, 0.05) is 17.1 Å².